The Morgan fingerprint density at radius 3 is 1.97 bits per heavy atom. The van der Waals surface area contributed by atoms with Gasteiger partial charge in [-0.05, 0) is 166 Å². The fraction of sp³-hybridized carbons (Fsp3) is 0.600. The lowest BCUT2D eigenvalue weighted by molar-refractivity contribution is -0.138. The van der Waals surface area contributed by atoms with Crippen molar-refractivity contribution in [1.82, 2.24) is 49.3 Å². The van der Waals surface area contributed by atoms with Crippen molar-refractivity contribution < 1.29 is 14.7 Å². The van der Waals surface area contributed by atoms with E-state index in [0.717, 1.165) is 175 Å². The molecular formula is C55H82N14O3. The Morgan fingerprint density at radius 2 is 1.39 bits per heavy atom. The Kier molecular flexibility index (Phi) is 19.3. The van der Waals surface area contributed by atoms with Crippen LogP contribution in [0.5, 0.6) is 0 Å². The number of ketones is 1. The highest BCUT2D eigenvalue weighted by atomic mass is 16.4. The molecular weight excluding hydrogens is 905 g/mol. The number of aliphatic carboxylic acids is 1. The van der Waals surface area contributed by atoms with Gasteiger partial charge in [0.2, 0.25) is 0 Å². The number of carboxylic acids is 1. The van der Waals surface area contributed by atoms with Gasteiger partial charge in [0.1, 0.15) is 35.6 Å². The average molecular weight is 987 g/mol. The topological polar surface area (TPSA) is 210 Å². The van der Waals surface area contributed by atoms with Crippen molar-refractivity contribution >= 4 is 29.2 Å². The molecule has 5 aromatic heterocycles. The number of nitrogens with one attached hydrogen (secondary N) is 3. The average Bonchev–Trinajstić information content (AvgIpc) is 3.87. The van der Waals surface area contributed by atoms with Crippen molar-refractivity contribution in [1.29, 1.82) is 0 Å². The molecule has 7 heterocycles. The SMILES string of the molecule is CC(=O)[C@@H](N)CCN(CCCCc1ccc2c(n1)NCC(CC(C)(C)c1cc(N[C@@H](CCN(CCCCc3ccc4c(n3)NCCC4)CCn3nc(C)cc3C)C(=O)O)ncn1)C2)CCn1nc(C)cc1C. The van der Waals surface area contributed by atoms with Crippen molar-refractivity contribution in [3.63, 3.8) is 0 Å². The summed E-state index contributed by atoms with van der Waals surface area (Å²) >= 11 is 0. The number of rotatable bonds is 29. The normalized spacial score (nSPS) is 15.4. The number of carbonyl (C=O) groups excluding carboxylic acids is 1. The van der Waals surface area contributed by atoms with Crippen LogP contribution in [-0.4, -0.2) is 131 Å². The van der Waals surface area contributed by atoms with Gasteiger partial charge in [-0.3, -0.25) is 14.2 Å². The van der Waals surface area contributed by atoms with Crippen LogP contribution in [0, 0.1) is 33.6 Å². The van der Waals surface area contributed by atoms with E-state index in [1.54, 1.807) is 13.3 Å². The molecule has 5 aromatic rings. The summed E-state index contributed by atoms with van der Waals surface area (Å²) in [6.07, 6.45) is 12.5. The van der Waals surface area contributed by atoms with Crippen molar-refractivity contribution in [3.8, 4) is 0 Å². The fourth-order valence-corrected chi connectivity index (χ4v) is 10.4. The first-order valence-electron chi connectivity index (χ1n) is 26.6. The van der Waals surface area contributed by atoms with E-state index in [9.17, 15) is 14.7 Å². The molecule has 0 saturated carbocycles. The molecule has 0 aromatic carbocycles. The van der Waals surface area contributed by atoms with Crippen LogP contribution < -0.4 is 21.7 Å². The van der Waals surface area contributed by atoms with Gasteiger partial charge in [-0.25, -0.2) is 24.7 Å². The van der Waals surface area contributed by atoms with Crippen molar-refractivity contribution in [2.24, 2.45) is 11.7 Å². The Balaban J connectivity index is 0.887. The van der Waals surface area contributed by atoms with Crippen LogP contribution in [-0.2, 0) is 53.8 Å². The second-order valence-electron chi connectivity index (χ2n) is 21.2. The summed E-state index contributed by atoms with van der Waals surface area (Å²) in [6.45, 7) is 22.3. The van der Waals surface area contributed by atoms with E-state index in [4.69, 9.17) is 20.7 Å². The molecule has 1 unspecified atom stereocenters. The van der Waals surface area contributed by atoms with E-state index in [1.165, 1.54) is 11.1 Å². The number of Topliss-reactive ketones (excluding diaryl/α,β-unsaturated/α-hetero) is 1. The standard InChI is InChI=1S/C55H82N14O3/c1-38-31-40(3)68(64-38)29-27-66(25-20-48(56)42(5)70)23-10-8-15-47-19-17-45-33-43(36-58-53(45)62-47)35-55(6,7)50-34-51(60-37-59-50)63-49(54(71)72)21-26-67(28-30-69-41(4)32-39(2)65-69)24-11-9-14-46-18-16-44-13-12-22-57-52(44)61-46/h16-19,31-32,34,37,43,48-49H,8-15,20-30,33,35-36,56H2,1-7H3,(H,57,61)(H,58,62)(H,71,72)(H,59,60,63)/t43?,48-,49-/m0/s1. The zero-order valence-corrected chi connectivity index (χ0v) is 44.2. The number of hydrogen-bond acceptors (Lipinski definition) is 14. The maximum absolute atomic E-state index is 12.8. The maximum Gasteiger partial charge on any atom is 0.326 e. The van der Waals surface area contributed by atoms with Crippen molar-refractivity contribution in [2.45, 2.75) is 156 Å². The van der Waals surface area contributed by atoms with E-state index >= 15 is 0 Å². The quantitative estimate of drug-likeness (QED) is 0.0302. The van der Waals surface area contributed by atoms with E-state index in [1.807, 2.05) is 24.6 Å². The molecule has 6 N–H and O–H groups in total. The monoisotopic (exact) mass is 987 g/mol. The molecule has 0 bridgehead atoms. The number of fused-ring (bicyclic) bond motifs is 2. The predicted octanol–water partition coefficient (Wildman–Crippen LogP) is 7.12. The maximum atomic E-state index is 12.8. The molecule has 0 amide bonds. The molecule has 0 fully saturated rings. The number of unbranched alkanes of at least 4 members (excludes halogenated alkanes) is 2. The summed E-state index contributed by atoms with van der Waals surface area (Å²) in [5.74, 6) is 2.03. The van der Waals surface area contributed by atoms with Gasteiger partial charge in [-0.2, -0.15) is 10.2 Å². The van der Waals surface area contributed by atoms with Gasteiger partial charge < -0.3 is 36.6 Å². The van der Waals surface area contributed by atoms with Gasteiger partial charge in [0, 0.05) is 73.5 Å². The Morgan fingerprint density at radius 1 is 0.792 bits per heavy atom. The van der Waals surface area contributed by atoms with E-state index in [0.29, 0.717) is 31.1 Å². The predicted molar refractivity (Wildman–Crippen MR) is 286 cm³/mol. The summed E-state index contributed by atoms with van der Waals surface area (Å²) in [4.78, 5) is 48.6. The minimum absolute atomic E-state index is 0.0310. The summed E-state index contributed by atoms with van der Waals surface area (Å²) in [5.41, 5.74) is 15.7. The van der Waals surface area contributed by atoms with Crippen LogP contribution >= 0.6 is 0 Å². The van der Waals surface area contributed by atoms with Gasteiger partial charge in [-0.1, -0.05) is 26.0 Å². The molecule has 2 aliphatic heterocycles. The third kappa shape index (κ3) is 15.9. The first-order chi connectivity index (χ1) is 34.6. The van der Waals surface area contributed by atoms with Crippen LogP contribution in [0.3, 0.4) is 0 Å². The van der Waals surface area contributed by atoms with Crippen LogP contribution in [0.1, 0.15) is 123 Å². The first kappa shape index (κ1) is 54.0. The number of aromatic nitrogens is 8. The highest BCUT2D eigenvalue weighted by molar-refractivity contribution is 5.81. The van der Waals surface area contributed by atoms with Gasteiger partial charge in [0.25, 0.3) is 0 Å². The van der Waals surface area contributed by atoms with Gasteiger partial charge in [0.15, 0.2) is 0 Å². The Hall–Kier alpha value is -5.78. The van der Waals surface area contributed by atoms with Crippen LogP contribution in [0.25, 0.3) is 0 Å². The highest BCUT2D eigenvalue weighted by Crippen LogP contribution is 2.35. The molecule has 17 nitrogen and oxygen atoms in total. The zero-order valence-electron chi connectivity index (χ0n) is 44.2. The molecule has 0 aliphatic carbocycles. The minimum atomic E-state index is -0.902. The third-order valence-corrected chi connectivity index (χ3v) is 14.6. The molecule has 7 rings (SSSR count). The molecule has 72 heavy (non-hydrogen) atoms. The van der Waals surface area contributed by atoms with Crippen LogP contribution in [0.15, 0.2) is 48.8 Å². The molecule has 17 heteroatoms. The molecule has 3 atom stereocenters. The van der Waals surface area contributed by atoms with E-state index in [2.05, 4.69) is 110 Å². The smallest absolute Gasteiger partial charge is 0.326 e. The number of anilines is 3. The second-order valence-corrected chi connectivity index (χ2v) is 21.2. The second kappa shape index (κ2) is 25.7. The van der Waals surface area contributed by atoms with Crippen molar-refractivity contribution in [3.05, 3.63) is 99.8 Å². The van der Waals surface area contributed by atoms with Gasteiger partial charge in [-0.15, -0.1) is 0 Å². The van der Waals surface area contributed by atoms with Gasteiger partial charge in [0.05, 0.1) is 36.2 Å². The van der Waals surface area contributed by atoms with E-state index in [-0.39, 0.29) is 11.2 Å². The zero-order chi connectivity index (χ0) is 51.2. The Labute approximate surface area is 427 Å². The number of nitrogens with two attached hydrogens (primary N) is 1. The Bertz CT molecular complexity index is 2550. The molecule has 0 saturated heterocycles. The number of hydrogen-bond donors (Lipinski definition) is 5. The fourth-order valence-electron chi connectivity index (χ4n) is 10.4. The summed E-state index contributed by atoms with van der Waals surface area (Å²) in [5, 5.41) is 30.2. The first-order valence-corrected chi connectivity index (χ1v) is 26.6. The highest BCUT2D eigenvalue weighted by Gasteiger charge is 2.31. The third-order valence-electron chi connectivity index (χ3n) is 14.6. The number of pyridine rings is 2. The molecule has 2 aliphatic rings. The van der Waals surface area contributed by atoms with Gasteiger partial charge >= 0.3 is 5.97 Å². The number of nitrogens with zero attached hydrogens (tertiary/aromatic N) is 10. The number of carbonyl (C=O) groups is 2. The molecule has 0 radical (unpaired) electrons. The van der Waals surface area contributed by atoms with Crippen LogP contribution in [0.2, 0.25) is 0 Å². The largest absolute Gasteiger partial charge is 0.480 e. The van der Waals surface area contributed by atoms with Crippen LogP contribution in [0.4, 0.5) is 17.5 Å². The van der Waals surface area contributed by atoms with E-state index < -0.39 is 18.1 Å². The summed E-state index contributed by atoms with van der Waals surface area (Å²) in [6, 6.07) is 13.7. The lowest BCUT2D eigenvalue weighted by atomic mass is 9.77. The lowest BCUT2D eigenvalue weighted by Crippen LogP contribution is -2.37. The lowest BCUT2D eigenvalue weighted by Gasteiger charge is -2.33. The number of aryl methyl sites for hydroxylation is 7. The minimum Gasteiger partial charge on any atom is -0.480 e. The summed E-state index contributed by atoms with van der Waals surface area (Å²) < 4.78 is 4.10. The number of carboxylic acid groups (broad SMARTS) is 1. The van der Waals surface area contributed by atoms with Crippen molar-refractivity contribution in [2.75, 3.05) is 68.3 Å². The molecule has 0 spiro atoms. The summed E-state index contributed by atoms with van der Waals surface area (Å²) in [7, 11) is 0. The molecule has 390 valence electrons.